The van der Waals surface area contributed by atoms with E-state index in [0.29, 0.717) is 24.2 Å². The van der Waals surface area contributed by atoms with Crippen LogP contribution in [-0.4, -0.2) is 17.7 Å². The Morgan fingerprint density at radius 2 is 1.86 bits per heavy atom. The van der Waals surface area contributed by atoms with E-state index in [1.165, 1.54) is 0 Å². The van der Waals surface area contributed by atoms with Crippen LogP contribution in [0, 0.1) is 11.3 Å². The highest BCUT2D eigenvalue weighted by atomic mass is 16.3. The number of hydrogen-bond acceptors (Lipinski definition) is 3. The molecule has 112 valence electrons. The van der Waals surface area contributed by atoms with Gasteiger partial charge in [0.2, 0.25) is 0 Å². The third-order valence-corrected chi connectivity index (χ3v) is 3.15. The van der Waals surface area contributed by atoms with Crippen molar-refractivity contribution in [2.45, 2.75) is 13.0 Å². The number of nitrogens with zero attached hydrogens (tertiary/aromatic N) is 1. The molecule has 0 saturated heterocycles. The van der Waals surface area contributed by atoms with Crippen LogP contribution in [0.2, 0.25) is 0 Å². The molecule has 3 N–H and O–H groups in total. The number of carbonyl (C=O) groups is 1. The highest BCUT2D eigenvalue weighted by Gasteiger charge is 2.02. The van der Waals surface area contributed by atoms with Crippen LogP contribution in [-0.2, 0) is 13.0 Å². The van der Waals surface area contributed by atoms with Gasteiger partial charge < -0.3 is 15.7 Å². The standard InChI is InChI=1S/C17H17N3O2/c18-11-15-2-1-3-16(10-15)20-17(22)19-9-8-13-4-6-14(12-21)7-5-13/h1-7,10,21H,8-9,12H2,(H2,19,20,22). The molecular formula is C17H17N3O2. The minimum absolute atomic E-state index is 0.0305. The van der Waals surface area contributed by atoms with E-state index >= 15 is 0 Å². The largest absolute Gasteiger partial charge is 0.392 e. The number of nitrogens with one attached hydrogen (secondary N) is 2. The zero-order valence-corrected chi connectivity index (χ0v) is 12.0. The Morgan fingerprint density at radius 1 is 1.14 bits per heavy atom. The van der Waals surface area contributed by atoms with Crippen molar-refractivity contribution in [3.05, 3.63) is 65.2 Å². The second-order valence-corrected chi connectivity index (χ2v) is 4.80. The van der Waals surface area contributed by atoms with Crippen molar-refractivity contribution in [2.24, 2.45) is 0 Å². The first-order valence-corrected chi connectivity index (χ1v) is 6.95. The summed E-state index contributed by atoms with van der Waals surface area (Å²) in [6, 6.07) is 16.1. The second-order valence-electron chi connectivity index (χ2n) is 4.80. The number of nitriles is 1. The number of carbonyl (C=O) groups excluding carboxylic acids is 1. The number of urea groups is 1. The molecule has 0 spiro atoms. The average Bonchev–Trinajstić information content (AvgIpc) is 2.55. The number of aliphatic hydroxyl groups excluding tert-OH is 1. The minimum Gasteiger partial charge on any atom is -0.392 e. The first-order valence-electron chi connectivity index (χ1n) is 6.95. The van der Waals surface area contributed by atoms with E-state index < -0.39 is 0 Å². The molecule has 5 nitrogen and oxygen atoms in total. The van der Waals surface area contributed by atoms with E-state index in [4.69, 9.17) is 10.4 Å². The summed E-state index contributed by atoms with van der Waals surface area (Å²) >= 11 is 0. The van der Waals surface area contributed by atoms with Crippen LogP contribution in [0.1, 0.15) is 16.7 Å². The fourth-order valence-electron chi connectivity index (χ4n) is 1.97. The van der Waals surface area contributed by atoms with Gasteiger partial charge in [0, 0.05) is 12.2 Å². The third-order valence-electron chi connectivity index (χ3n) is 3.15. The van der Waals surface area contributed by atoms with Gasteiger partial charge >= 0.3 is 6.03 Å². The smallest absolute Gasteiger partial charge is 0.319 e. The summed E-state index contributed by atoms with van der Waals surface area (Å²) in [4.78, 5) is 11.8. The molecule has 0 aliphatic carbocycles. The zero-order chi connectivity index (χ0) is 15.8. The molecule has 0 atom stereocenters. The van der Waals surface area contributed by atoms with E-state index in [2.05, 4.69) is 10.6 Å². The van der Waals surface area contributed by atoms with Crippen LogP contribution in [0.15, 0.2) is 48.5 Å². The van der Waals surface area contributed by atoms with Gasteiger partial charge in [-0.1, -0.05) is 30.3 Å². The predicted octanol–water partition coefficient (Wildman–Crippen LogP) is 2.41. The van der Waals surface area contributed by atoms with Crippen molar-refractivity contribution >= 4 is 11.7 Å². The molecule has 0 bridgehead atoms. The van der Waals surface area contributed by atoms with Gasteiger partial charge in [-0.3, -0.25) is 0 Å². The zero-order valence-electron chi connectivity index (χ0n) is 12.0. The van der Waals surface area contributed by atoms with E-state index in [1.807, 2.05) is 30.3 Å². The molecule has 0 radical (unpaired) electrons. The molecule has 0 fully saturated rings. The van der Waals surface area contributed by atoms with E-state index in [-0.39, 0.29) is 12.6 Å². The van der Waals surface area contributed by atoms with Gasteiger partial charge in [-0.05, 0) is 35.7 Å². The van der Waals surface area contributed by atoms with Crippen molar-refractivity contribution in [3.8, 4) is 6.07 Å². The van der Waals surface area contributed by atoms with Crippen molar-refractivity contribution < 1.29 is 9.90 Å². The summed E-state index contributed by atoms with van der Waals surface area (Å²) in [5.74, 6) is 0. The first-order chi connectivity index (χ1) is 10.7. The molecule has 0 heterocycles. The molecule has 5 heteroatoms. The quantitative estimate of drug-likeness (QED) is 0.792. The van der Waals surface area contributed by atoms with Crippen LogP contribution in [0.25, 0.3) is 0 Å². The molecule has 2 rings (SSSR count). The summed E-state index contributed by atoms with van der Waals surface area (Å²) < 4.78 is 0. The third kappa shape index (κ3) is 4.62. The van der Waals surface area contributed by atoms with Gasteiger partial charge in [-0.2, -0.15) is 5.26 Å². The molecule has 0 saturated carbocycles. The van der Waals surface area contributed by atoms with Crippen LogP contribution in [0.4, 0.5) is 10.5 Å². The normalized spacial score (nSPS) is 9.82. The maximum atomic E-state index is 11.8. The lowest BCUT2D eigenvalue weighted by Gasteiger charge is -2.08. The Kier molecular flexibility index (Phi) is 5.52. The summed E-state index contributed by atoms with van der Waals surface area (Å²) in [6.07, 6.45) is 0.706. The van der Waals surface area contributed by atoms with Crippen molar-refractivity contribution in [3.63, 3.8) is 0 Å². The van der Waals surface area contributed by atoms with Crippen molar-refractivity contribution in [2.75, 3.05) is 11.9 Å². The van der Waals surface area contributed by atoms with Gasteiger partial charge in [-0.15, -0.1) is 0 Å². The summed E-state index contributed by atoms with van der Waals surface area (Å²) in [7, 11) is 0. The minimum atomic E-state index is -0.304. The summed E-state index contributed by atoms with van der Waals surface area (Å²) in [5, 5.41) is 23.2. The molecule has 22 heavy (non-hydrogen) atoms. The Bertz CT molecular complexity index is 675. The van der Waals surface area contributed by atoms with Crippen molar-refractivity contribution in [1.29, 1.82) is 5.26 Å². The molecule has 2 amide bonds. The Labute approximate surface area is 129 Å². The van der Waals surface area contributed by atoms with Gasteiger partial charge in [-0.25, -0.2) is 4.79 Å². The lowest BCUT2D eigenvalue weighted by Crippen LogP contribution is -2.30. The fourth-order valence-corrected chi connectivity index (χ4v) is 1.97. The van der Waals surface area contributed by atoms with Gasteiger partial charge in [0.25, 0.3) is 0 Å². The maximum Gasteiger partial charge on any atom is 0.319 e. The lowest BCUT2D eigenvalue weighted by atomic mass is 10.1. The van der Waals surface area contributed by atoms with Gasteiger partial charge in [0.05, 0.1) is 18.2 Å². The van der Waals surface area contributed by atoms with Crippen LogP contribution < -0.4 is 10.6 Å². The van der Waals surface area contributed by atoms with Crippen molar-refractivity contribution in [1.82, 2.24) is 5.32 Å². The summed E-state index contributed by atoms with van der Waals surface area (Å²) in [5.41, 5.74) is 3.04. The predicted molar refractivity (Wildman–Crippen MR) is 84.2 cm³/mol. The highest BCUT2D eigenvalue weighted by Crippen LogP contribution is 2.09. The van der Waals surface area contributed by atoms with Gasteiger partial charge in [0.1, 0.15) is 0 Å². The molecule has 0 aliphatic heterocycles. The lowest BCUT2D eigenvalue weighted by molar-refractivity contribution is 0.252. The molecule has 0 aliphatic rings. The summed E-state index contributed by atoms with van der Waals surface area (Å²) in [6.45, 7) is 0.533. The van der Waals surface area contributed by atoms with Crippen LogP contribution in [0.3, 0.4) is 0 Å². The Hall–Kier alpha value is -2.84. The average molecular weight is 295 g/mol. The molecule has 2 aromatic rings. The fraction of sp³-hybridized carbons (Fsp3) is 0.176. The first kappa shape index (κ1) is 15.5. The maximum absolute atomic E-state index is 11.8. The van der Waals surface area contributed by atoms with E-state index in [1.54, 1.807) is 24.3 Å². The number of amides is 2. The second kappa shape index (κ2) is 7.81. The molecule has 2 aromatic carbocycles. The molecule has 0 unspecified atom stereocenters. The molecular weight excluding hydrogens is 278 g/mol. The number of anilines is 1. The molecule has 0 aromatic heterocycles. The SMILES string of the molecule is N#Cc1cccc(NC(=O)NCCc2ccc(CO)cc2)c1. The monoisotopic (exact) mass is 295 g/mol. The highest BCUT2D eigenvalue weighted by molar-refractivity contribution is 5.89. The van der Waals surface area contributed by atoms with E-state index in [9.17, 15) is 4.79 Å². The topological polar surface area (TPSA) is 85.2 Å². The number of benzene rings is 2. The van der Waals surface area contributed by atoms with Crippen LogP contribution in [0.5, 0.6) is 0 Å². The number of aliphatic hydroxyl groups is 1. The Balaban J connectivity index is 1.78. The Morgan fingerprint density at radius 3 is 2.55 bits per heavy atom. The number of hydrogen-bond donors (Lipinski definition) is 3. The van der Waals surface area contributed by atoms with Crippen LogP contribution >= 0.6 is 0 Å². The van der Waals surface area contributed by atoms with Gasteiger partial charge in [0.15, 0.2) is 0 Å². The van der Waals surface area contributed by atoms with E-state index in [0.717, 1.165) is 11.1 Å². The number of rotatable bonds is 5.